The van der Waals surface area contributed by atoms with Gasteiger partial charge in [0, 0.05) is 10.8 Å². The van der Waals surface area contributed by atoms with Gasteiger partial charge in [0.1, 0.15) is 15.5 Å². The molecular weight excluding hydrogens is 296 g/mol. The van der Waals surface area contributed by atoms with E-state index in [0.717, 1.165) is 18.2 Å². The lowest BCUT2D eigenvalue weighted by Crippen LogP contribution is -2.03. The van der Waals surface area contributed by atoms with Crippen LogP contribution in [-0.4, -0.2) is 31.0 Å². The molecular formula is C10H8O7S2. The molecule has 3 N–H and O–H groups in total. The van der Waals surface area contributed by atoms with E-state index in [2.05, 4.69) is 0 Å². The summed E-state index contributed by atoms with van der Waals surface area (Å²) in [7, 11) is -9.49. The lowest BCUT2D eigenvalue weighted by molar-refractivity contribution is 0.472. The quantitative estimate of drug-likeness (QED) is 0.707. The molecule has 2 rings (SSSR count). The van der Waals surface area contributed by atoms with Crippen molar-refractivity contribution in [3.63, 3.8) is 0 Å². The number of hydrogen-bond acceptors (Lipinski definition) is 5. The zero-order valence-electron chi connectivity index (χ0n) is 10.1. The summed E-state index contributed by atoms with van der Waals surface area (Å²) in [5.41, 5.74) is 0. The Labute approximate surface area is 110 Å². The van der Waals surface area contributed by atoms with Gasteiger partial charge >= 0.3 is 0 Å². The third-order valence-corrected chi connectivity index (χ3v) is 4.21. The van der Waals surface area contributed by atoms with Gasteiger partial charge in [-0.3, -0.25) is 9.11 Å². The zero-order valence-corrected chi connectivity index (χ0v) is 10.7. The standard InChI is InChI=1S/C10H8O7S2/c11-7-4-5-8(18(12,13)14)6-2-1-3-9(10(6)7)19(15,16)17/h1-5,11H,(H,12,13,14)(H,15,16,17)/i4D. The minimum absolute atomic E-state index is 0.323. The smallest absolute Gasteiger partial charge is 0.295 e. The Bertz CT molecular complexity index is 886. The average molecular weight is 305 g/mol. The van der Waals surface area contributed by atoms with Crippen molar-refractivity contribution < 1.29 is 32.4 Å². The molecule has 0 spiro atoms. The molecule has 0 bridgehead atoms. The van der Waals surface area contributed by atoms with Gasteiger partial charge in [0.25, 0.3) is 20.2 Å². The lowest BCUT2D eigenvalue weighted by atomic mass is 10.1. The van der Waals surface area contributed by atoms with E-state index in [1.807, 2.05) is 0 Å². The minimum atomic E-state index is -4.75. The summed E-state index contributed by atoms with van der Waals surface area (Å²) < 4.78 is 70.6. The van der Waals surface area contributed by atoms with Gasteiger partial charge < -0.3 is 5.11 Å². The fourth-order valence-electron chi connectivity index (χ4n) is 1.69. The highest BCUT2D eigenvalue weighted by Crippen LogP contribution is 2.34. The van der Waals surface area contributed by atoms with Gasteiger partial charge in [0.2, 0.25) is 0 Å². The first-order valence-corrected chi connectivity index (χ1v) is 7.62. The first-order valence-electron chi connectivity index (χ1n) is 5.24. The van der Waals surface area contributed by atoms with Crippen LogP contribution < -0.4 is 0 Å². The summed E-state index contributed by atoms with van der Waals surface area (Å²) in [6.45, 7) is 0. The summed E-state index contributed by atoms with van der Waals surface area (Å²) in [6, 6.07) is 3.17. The van der Waals surface area contributed by atoms with Crippen LogP contribution in [0.2, 0.25) is 0 Å². The largest absolute Gasteiger partial charge is 0.507 e. The van der Waals surface area contributed by atoms with E-state index in [-0.39, 0.29) is 5.39 Å². The Morgan fingerprint density at radius 3 is 2.05 bits per heavy atom. The van der Waals surface area contributed by atoms with Crippen LogP contribution in [0.3, 0.4) is 0 Å². The predicted octanol–water partition coefficient (Wildman–Crippen LogP) is 1.04. The fourth-order valence-corrected chi connectivity index (χ4v) is 3.06. The maximum Gasteiger partial charge on any atom is 0.295 e. The van der Waals surface area contributed by atoms with E-state index < -0.39 is 47.2 Å². The van der Waals surface area contributed by atoms with E-state index in [0.29, 0.717) is 6.07 Å². The normalized spacial score (nSPS) is 13.5. The molecule has 0 fully saturated rings. The highest BCUT2D eigenvalue weighted by molar-refractivity contribution is 7.86. The number of hydrogen-bond donors (Lipinski definition) is 3. The molecule has 102 valence electrons. The molecule has 19 heavy (non-hydrogen) atoms. The van der Waals surface area contributed by atoms with E-state index in [1.54, 1.807) is 0 Å². The SMILES string of the molecule is [2H]c1cc(S(=O)(=O)O)c2cccc(S(=O)(=O)O)c2c1O. The molecule has 0 aliphatic rings. The second-order valence-corrected chi connectivity index (χ2v) is 6.41. The summed E-state index contributed by atoms with van der Waals surface area (Å²) in [4.78, 5) is -1.49. The highest BCUT2D eigenvalue weighted by Gasteiger charge is 2.21. The molecule has 0 unspecified atom stereocenters. The number of aromatic hydroxyl groups is 1. The highest BCUT2D eigenvalue weighted by atomic mass is 32.2. The van der Waals surface area contributed by atoms with E-state index >= 15 is 0 Å². The van der Waals surface area contributed by atoms with Crippen LogP contribution >= 0.6 is 0 Å². The molecule has 2 aromatic rings. The van der Waals surface area contributed by atoms with Gasteiger partial charge in [-0.25, -0.2) is 0 Å². The van der Waals surface area contributed by atoms with Gasteiger partial charge in [-0.2, -0.15) is 16.8 Å². The molecule has 0 amide bonds. The summed E-state index contributed by atoms with van der Waals surface area (Å²) in [5, 5.41) is 8.88. The van der Waals surface area contributed by atoms with E-state index in [9.17, 15) is 21.9 Å². The van der Waals surface area contributed by atoms with Crippen molar-refractivity contribution in [2.24, 2.45) is 0 Å². The van der Waals surface area contributed by atoms with Gasteiger partial charge in [-0.1, -0.05) is 12.1 Å². The zero-order chi connectivity index (χ0) is 15.3. The predicted molar refractivity (Wildman–Crippen MR) is 65.2 cm³/mol. The molecule has 0 radical (unpaired) electrons. The Kier molecular flexibility index (Phi) is 2.71. The number of rotatable bonds is 2. The molecule has 2 aromatic carbocycles. The van der Waals surface area contributed by atoms with Gasteiger partial charge in [0.05, 0.1) is 1.37 Å². The first kappa shape index (κ1) is 12.4. The van der Waals surface area contributed by atoms with E-state index in [1.165, 1.54) is 0 Å². The molecule has 0 saturated carbocycles. The van der Waals surface area contributed by atoms with Crippen molar-refractivity contribution in [1.82, 2.24) is 0 Å². The van der Waals surface area contributed by atoms with E-state index in [4.69, 9.17) is 10.5 Å². The van der Waals surface area contributed by atoms with Crippen LogP contribution in [0.4, 0.5) is 0 Å². The van der Waals surface area contributed by atoms with Crippen molar-refractivity contribution >= 4 is 31.0 Å². The van der Waals surface area contributed by atoms with Crippen molar-refractivity contribution in [2.75, 3.05) is 0 Å². The van der Waals surface area contributed by atoms with Crippen LogP contribution in [0.25, 0.3) is 10.8 Å². The Morgan fingerprint density at radius 1 is 0.947 bits per heavy atom. The van der Waals surface area contributed by atoms with Crippen molar-refractivity contribution in [3.05, 3.63) is 30.3 Å². The molecule has 0 saturated heterocycles. The summed E-state index contributed by atoms with van der Waals surface area (Å²) >= 11 is 0. The second kappa shape index (κ2) is 4.17. The average Bonchev–Trinajstić information content (AvgIpc) is 2.30. The molecule has 7 nitrogen and oxygen atoms in total. The Morgan fingerprint density at radius 2 is 1.53 bits per heavy atom. The van der Waals surface area contributed by atoms with Crippen LogP contribution in [0.1, 0.15) is 1.37 Å². The van der Waals surface area contributed by atoms with Crippen LogP contribution in [-0.2, 0) is 20.2 Å². The number of phenols is 1. The number of benzene rings is 2. The molecule has 0 aliphatic heterocycles. The number of phenolic OH excluding ortho intramolecular Hbond substituents is 1. The maximum atomic E-state index is 11.3. The molecule has 9 heteroatoms. The third kappa shape index (κ3) is 2.40. The fraction of sp³-hybridized carbons (Fsp3) is 0. The van der Waals surface area contributed by atoms with Crippen LogP contribution in [0.15, 0.2) is 40.1 Å². The van der Waals surface area contributed by atoms with Gasteiger partial charge in [-0.15, -0.1) is 0 Å². The Hall–Kier alpha value is -1.68. The van der Waals surface area contributed by atoms with Crippen molar-refractivity contribution in [3.8, 4) is 5.75 Å². The molecule has 0 aromatic heterocycles. The van der Waals surface area contributed by atoms with Crippen molar-refractivity contribution in [2.45, 2.75) is 9.79 Å². The molecule has 0 atom stereocenters. The second-order valence-electron chi connectivity index (χ2n) is 3.63. The Balaban J connectivity index is 3.17. The monoisotopic (exact) mass is 305 g/mol. The third-order valence-electron chi connectivity index (χ3n) is 2.42. The van der Waals surface area contributed by atoms with Crippen LogP contribution in [0.5, 0.6) is 5.75 Å². The maximum absolute atomic E-state index is 11.3. The van der Waals surface area contributed by atoms with Crippen molar-refractivity contribution in [1.29, 1.82) is 0 Å². The minimum Gasteiger partial charge on any atom is -0.507 e. The van der Waals surface area contributed by atoms with Crippen LogP contribution in [0, 0.1) is 0 Å². The lowest BCUT2D eigenvalue weighted by Gasteiger charge is -2.08. The topological polar surface area (TPSA) is 129 Å². The van der Waals surface area contributed by atoms with Gasteiger partial charge in [0.15, 0.2) is 0 Å². The molecule has 0 aliphatic carbocycles. The van der Waals surface area contributed by atoms with Gasteiger partial charge in [-0.05, 0) is 18.2 Å². The summed E-state index contributed by atoms with van der Waals surface area (Å²) in [6.07, 6.45) is 0. The first-order chi connectivity index (χ1) is 9.03. The number of fused-ring (bicyclic) bond motifs is 1. The summed E-state index contributed by atoms with van der Waals surface area (Å²) in [5.74, 6) is -0.819. The molecule has 0 heterocycles.